The molecular weight excluding hydrogens is 314 g/mol. The van der Waals surface area contributed by atoms with Gasteiger partial charge in [-0.1, -0.05) is 18.2 Å². The number of rotatable bonds is 4. The number of hydrogen-bond acceptors (Lipinski definition) is 4. The molecule has 0 saturated heterocycles. The van der Waals surface area contributed by atoms with Gasteiger partial charge in [0.05, 0.1) is 31.5 Å². The second-order valence-electron chi connectivity index (χ2n) is 4.43. The summed E-state index contributed by atoms with van der Waals surface area (Å²) in [5.74, 6) is 0. The molecule has 1 N–H and O–H groups in total. The van der Waals surface area contributed by atoms with Gasteiger partial charge in [0.1, 0.15) is 0 Å². The van der Waals surface area contributed by atoms with Crippen LogP contribution in [0.3, 0.4) is 0 Å². The predicted octanol–water partition coefficient (Wildman–Crippen LogP) is -0.120. The maximum absolute atomic E-state index is 11.1. The molecule has 0 aliphatic carbocycles. The lowest BCUT2D eigenvalue weighted by molar-refractivity contribution is 0.588. The highest BCUT2D eigenvalue weighted by Crippen LogP contribution is 1.99. The molecule has 0 heterocycles. The van der Waals surface area contributed by atoms with Crippen LogP contribution in [0.25, 0.3) is 21.1 Å². The van der Waals surface area contributed by atoms with Gasteiger partial charge in [-0.2, -0.15) is 0 Å². The maximum atomic E-state index is 11.1. The quantitative estimate of drug-likeness (QED) is 0.780. The molecule has 1 aromatic carbocycles. The number of hydrogen-bond donors (Lipinski definition) is 1. The molecule has 7 nitrogen and oxygen atoms in total. The lowest BCUT2D eigenvalue weighted by Gasteiger charge is -2.05. The van der Waals surface area contributed by atoms with E-state index in [9.17, 15) is 8.42 Å². The van der Waals surface area contributed by atoms with Crippen molar-refractivity contribution in [2.75, 3.05) is 12.8 Å². The van der Waals surface area contributed by atoms with Gasteiger partial charge in [0, 0.05) is 6.54 Å². The summed E-state index contributed by atoms with van der Waals surface area (Å²) in [5, 5.41) is 18.7. The molecule has 0 aliphatic rings. The number of nitrogens with zero attached hydrogens (tertiary/aromatic N) is 4. The van der Waals surface area contributed by atoms with Crippen LogP contribution in [0.15, 0.2) is 18.2 Å². The second-order valence-corrected chi connectivity index (χ2v) is 6.27. The van der Waals surface area contributed by atoms with E-state index in [4.69, 9.17) is 23.7 Å². The van der Waals surface area contributed by atoms with Crippen molar-refractivity contribution in [2.45, 2.75) is 6.42 Å². The van der Waals surface area contributed by atoms with Crippen molar-refractivity contribution in [1.29, 1.82) is 10.5 Å². The molecule has 0 spiro atoms. The van der Waals surface area contributed by atoms with Gasteiger partial charge in [0.2, 0.25) is 10.0 Å². The lowest BCUT2D eigenvalue weighted by Crippen LogP contribution is -2.27. The van der Waals surface area contributed by atoms with E-state index in [0.29, 0.717) is 16.0 Å². The smallest absolute Gasteiger partial charge is 0.226 e. The van der Waals surface area contributed by atoms with Gasteiger partial charge < -0.3 is 0 Å². The van der Waals surface area contributed by atoms with Gasteiger partial charge in [-0.15, -0.1) is 0 Å². The Morgan fingerprint density at radius 3 is 2.30 bits per heavy atom. The fourth-order valence-electron chi connectivity index (χ4n) is 1.85. The molecule has 0 atom stereocenters. The van der Waals surface area contributed by atoms with E-state index in [-0.39, 0.29) is 24.4 Å². The summed E-state index contributed by atoms with van der Waals surface area (Å²) in [4.78, 5) is 6.26. The van der Waals surface area contributed by atoms with Gasteiger partial charge in [0.25, 0.3) is 11.4 Å². The molecule has 0 aromatic heterocycles. The van der Waals surface area contributed by atoms with Crippen molar-refractivity contribution in [1.82, 2.24) is 4.72 Å². The molecule has 0 bridgehead atoms. The zero-order valence-corrected chi connectivity index (χ0v) is 13.0. The van der Waals surface area contributed by atoms with Crippen molar-refractivity contribution in [3.63, 3.8) is 0 Å². The minimum absolute atomic E-state index is 0.0753. The summed E-state index contributed by atoms with van der Waals surface area (Å²) in [6, 6.07) is 8.06. The van der Waals surface area contributed by atoms with Crippen molar-refractivity contribution >= 4 is 21.4 Å². The maximum Gasteiger partial charge on any atom is 0.269 e. The highest BCUT2D eigenvalue weighted by atomic mass is 32.2. The average molecular weight is 325 g/mol. The largest absolute Gasteiger partial charge is 0.269 e. The minimum atomic E-state index is -3.36. The summed E-state index contributed by atoms with van der Waals surface area (Å²) in [6.07, 6.45) is 1.24. The highest BCUT2D eigenvalue weighted by Gasteiger charge is 2.06. The number of nitrogens with one attached hydrogen (secondary N) is 1. The van der Waals surface area contributed by atoms with Crippen molar-refractivity contribution in [3.05, 3.63) is 57.0 Å². The molecule has 0 fully saturated rings. The zero-order valence-electron chi connectivity index (χ0n) is 12.2. The van der Waals surface area contributed by atoms with Crippen molar-refractivity contribution in [3.8, 4) is 12.1 Å². The molecule has 0 amide bonds. The Kier molecular flexibility index (Phi) is 6.01. The van der Waals surface area contributed by atoms with Crippen LogP contribution < -0.4 is 15.2 Å². The van der Waals surface area contributed by atoms with E-state index in [0.717, 1.165) is 6.26 Å². The molecule has 0 radical (unpaired) electrons. The summed E-state index contributed by atoms with van der Waals surface area (Å²) >= 11 is 0. The van der Waals surface area contributed by atoms with Crippen LogP contribution in [0.2, 0.25) is 0 Å². The molecule has 8 heteroatoms. The Labute approximate surface area is 134 Å². The first-order valence-electron chi connectivity index (χ1n) is 6.23. The van der Waals surface area contributed by atoms with Gasteiger partial charge in [-0.25, -0.2) is 33.4 Å². The Hall–Kier alpha value is -3.17. The van der Waals surface area contributed by atoms with Crippen LogP contribution in [-0.2, 0) is 16.4 Å². The molecular formula is C15H11N5O2S. The first-order valence-corrected chi connectivity index (χ1v) is 8.12. The standard InChI is InChI=1S/C15H11N5O2S/c1-18-14(9-16)12-4-5-13(15(10-17)19-2)11(8-12)6-7-20-23(3,21)22/h4-5,8,20H,6-7H2,3H3/b14-12-,15-13-. The summed E-state index contributed by atoms with van der Waals surface area (Å²) in [5.41, 5.74) is 0.269. The third-order valence-corrected chi connectivity index (χ3v) is 3.56. The number of benzene rings is 1. The van der Waals surface area contributed by atoms with Gasteiger partial charge in [0.15, 0.2) is 0 Å². The van der Waals surface area contributed by atoms with Crippen LogP contribution in [0.5, 0.6) is 0 Å². The van der Waals surface area contributed by atoms with Crippen LogP contribution in [0.1, 0.15) is 5.56 Å². The molecule has 1 aromatic rings. The highest BCUT2D eigenvalue weighted by molar-refractivity contribution is 7.88. The molecule has 0 saturated carbocycles. The summed E-state index contributed by atoms with van der Waals surface area (Å²) in [7, 11) is -3.36. The lowest BCUT2D eigenvalue weighted by atomic mass is 10.1. The second kappa shape index (κ2) is 7.73. The third kappa shape index (κ3) is 4.95. The monoisotopic (exact) mass is 325 g/mol. The Balaban J connectivity index is 3.54. The van der Waals surface area contributed by atoms with E-state index in [1.54, 1.807) is 12.1 Å². The van der Waals surface area contributed by atoms with E-state index >= 15 is 0 Å². The molecule has 114 valence electrons. The number of nitriles is 2. The Morgan fingerprint density at radius 2 is 1.83 bits per heavy atom. The average Bonchev–Trinajstić information content (AvgIpc) is 2.50. The normalized spacial score (nSPS) is 12.9. The minimum Gasteiger partial charge on any atom is -0.226 e. The van der Waals surface area contributed by atoms with Crippen molar-refractivity contribution < 1.29 is 8.42 Å². The predicted molar refractivity (Wildman–Crippen MR) is 83.5 cm³/mol. The van der Waals surface area contributed by atoms with Crippen molar-refractivity contribution in [2.24, 2.45) is 0 Å². The van der Waals surface area contributed by atoms with E-state index in [2.05, 4.69) is 14.4 Å². The first kappa shape index (κ1) is 17.9. The third-order valence-electron chi connectivity index (χ3n) is 2.83. The van der Waals surface area contributed by atoms with Crippen LogP contribution >= 0.6 is 0 Å². The van der Waals surface area contributed by atoms with E-state index in [1.165, 1.54) is 18.2 Å². The fourth-order valence-corrected chi connectivity index (χ4v) is 2.32. The SMILES string of the molecule is [C-]#[N+]/C(C#N)=c1/cc/c(=C(\C#N)[N+]#[C-])c(CCNS(C)(=O)=O)c1. The topological polar surface area (TPSA) is 102 Å². The van der Waals surface area contributed by atoms with Gasteiger partial charge in [-0.05, 0) is 22.4 Å². The summed E-state index contributed by atoms with van der Waals surface area (Å²) in [6.45, 7) is 14.1. The molecule has 1 rings (SSSR count). The van der Waals surface area contributed by atoms with Crippen LogP contribution in [0.4, 0.5) is 0 Å². The Bertz CT molecular complexity index is 980. The zero-order chi connectivity index (χ0) is 17.5. The summed E-state index contributed by atoms with van der Waals surface area (Å²) < 4.78 is 24.6. The van der Waals surface area contributed by atoms with Gasteiger partial charge >= 0.3 is 0 Å². The van der Waals surface area contributed by atoms with E-state index < -0.39 is 10.0 Å². The first-order chi connectivity index (χ1) is 10.9. The molecule has 0 unspecified atom stereocenters. The number of sulfonamides is 1. The molecule has 0 aliphatic heterocycles. The van der Waals surface area contributed by atoms with Crippen LogP contribution in [0, 0.1) is 35.8 Å². The van der Waals surface area contributed by atoms with Crippen LogP contribution in [-0.4, -0.2) is 21.2 Å². The van der Waals surface area contributed by atoms with Gasteiger partial charge in [-0.3, -0.25) is 0 Å². The Morgan fingerprint density at radius 1 is 1.22 bits per heavy atom. The fraction of sp³-hybridized carbons (Fsp3) is 0.200. The van der Waals surface area contributed by atoms with E-state index in [1.807, 2.05) is 0 Å². The molecule has 23 heavy (non-hydrogen) atoms.